The number of halogens is 1. The van der Waals surface area contributed by atoms with Gasteiger partial charge in [-0.1, -0.05) is 6.07 Å². The molecule has 0 aromatic heterocycles. The Morgan fingerprint density at radius 2 is 2.19 bits per heavy atom. The Bertz CT molecular complexity index is 669. The SMILES string of the molecule is CN=C(NCC1CCN(C)C1)NC1CC(=O)N(c2cccc(OC)c2)C1.I. The van der Waals surface area contributed by atoms with Crippen LogP contribution in [0.15, 0.2) is 29.3 Å². The molecular weight excluding hydrogens is 457 g/mol. The Morgan fingerprint density at radius 1 is 1.37 bits per heavy atom. The topological polar surface area (TPSA) is 69.2 Å². The Kier molecular flexibility index (Phi) is 8.15. The minimum Gasteiger partial charge on any atom is -0.497 e. The Balaban J connectivity index is 0.00000261. The molecule has 0 saturated carbocycles. The van der Waals surface area contributed by atoms with E-state index >= 15 is 0 Å². The molecule has 27 heavy (non-hydrogen) atoms. The number of ether oxygens (including phenoxy) is 1. The number of rotatable bonds is 5. The van der Waals surface area contributed by atoms with Crippen molar-refractivity contribution in [3.63, 3.8) is 0 Å². The van der Waals surface area contributed by atoms with Gasteiger partial charge in [0.1, 0.15) is 5.75 Å². The minimum absolute atomic E-state index is 0. The van der Waals surface area contributed by atoms with Gasteiger partial charge in [0.2, 0.25) is 5.91 Å². The third-order valence-electron chi connectivity index (χ3n) is 5.10. The molecule has 8 heteroatoms. The number of anilines is 1. The average Bonchev–Trinajstić information content (AvgIpc) is 3.23. The summed E-state index contributed by atoms with van der Waals surface area (Å²) in [5.41, 5.74) is 0.871. The van der Waals surface area contributed by atoms with Crippen LogP contribution < -0.4 is 20.3 Å². The molecule has 1 aromatic carbocycles. The van der Waals surface area contributed by atoms with Crippen LogP contribution in [0.5, 0.6) is 5.75 Å². The zero-order valence-electron chi connectivity index (χ0n) is 16.3. The zero-order chi connectivity index (χ0) is 18.5. The molecule has 1 amide bonds. The van der Waals surface area contributed by atoms with Crippen molar-refractivity contribution >= 4 is 41.5 Å². The summed E-state index contributed by atoms with van der Waals surface area (Å²) < 4.78 is 5.26. The van der Waals surface area contributed by atoms with Gasteiger partial charge in [0.15, 0.2) is 5.96 Å². The van der Waals surface area contributed by atoms with Gasteiger partial charge in [0.25, 0.3) is 0 Å². The molecule has 0 aliphatic carbocycles. The monoisotopic (exact) mass is 487 g/mol. The van der Waals surface area contributed by atoms with Gasteiger partial charge in [-0.15, -0.1) is 24.0 Å². The fourth-order valence-electron chi connectivity index (χ4n) is 3.65. The molecule has 2 heterocycles. The van der Waals surface area contributed by atoms with Crippen molar-refractivity contribution < 1.29 is 9.53 Å². The second-order valence-electron chi connectivity index (χ2n) is 7.12. The van der Waals surface area contributed by atoms with Gasteiger partial charge in [-0.25, -0.2) is 0 Å². The highest BCUT2D eigenvalue weighted by Gasteiger charge is 2.31. The van der Waals surface area contributed by atoms with Gasteiger partial charge >= 0.3 is 0 Å². The van der Waals surface area contributed by atoms with E-state index in [1.54, 1.807) is 19.1 Å². The second kappa shape index (κ2) is 10.1. The van der Waals surface area contributed by atoms with Crippen LogP contribution in [0.25, 0.3) is 0 Å². The van der Waals surface area contributed by atoms with Crippen LogP contribution in [0, 0.1) is 5.92 Å². The third-order valence-corrected chi connectivity index (χ3v) is 5.10. The number of hydrogen-bond acceptors (Lipinski definition) is 4. The lowest BCUT2D eigenvalue weighted by atomic mass is 10.1. The summed E-state index contributed by atoms with van der Waals surface area (Å²) in [6, 6.07) is 7.66. The normalized spacial score (nSPS) is 23.3. The summed E-state index contributed by atoms with van der Waals surface area (Å²) in [4.78, 5) is 20.9. The number of amides is 1. The fourth-order valence-corrected chi connectivity index (χ4v) is 3.65. The number of guanidine groups is 1. The van der Waals surface area contributed by atoms with Gasteiger partial charge in [0, 0.05) is 44.9 Å². The summed E-state index contributed by atoms with van der Waals surface area (Å²) in [6.45, 7) is 3.81. The number of nitrogens with zero attached hydrogens (tertiary/aromatic N) is 3. The first kappa shape index (κ1) is 21.7. The van der Waals surface area contributed by atoms with E-state index in [9.17, 15) is 4.79 Å². The number of carbonyl (C=O) groups is 1. The van der Waals surface area contributed by atoms with Crippen molar-refractivity contribution in [2.75, 3.05) is 52.3 Å². The maximum atomic E-state index is 12.4. The molecule has 3 rings (SSSR count). The molecule has 2 aliphatic heterocycles. The van der Waals surface area contributed by atoms with E-state index < -0.39 is 0 Å². The summed E-state index contributed by atoms with van der Waals surface area (Å²) in [7, 11) is 5.56. The first-order chi connectivity index (χ1) is 12.6. The van der Waals surface area contributed by atoms with E-state index in [2.05, 4.69) is 27.6 Å². The van der Waals surface area contributed by atoms with Crippen molar-refractivity contribution in [2.24, 2.45) is 10.9 Å². The summed E-state index contributed by atoms with van der Waals surface area (Å²) >= 11 is 0. The first-order valence-corrected chi connectivity index (χ1v) is 9.19. The lowest BCUT2D eigenvalue weighted by molar-refractivity contribution is -0.117. The van der Waals surface area contributed by atoms with E-state index in [1.165, 1.54) is 6.42 Å². The van der Waals surface area contributed by atoms with Crippen LogP contribution >= 0.6 is 24.0 Å². The third kappa shape index (κ3) is 5.71. The highest BCUT2D eigenvalue weighted by molar-refractivity contribution is 14.0. The van der Waals surface area contributed by atoms with E-state index in [-0.39, 0.29) is 35.9 Å². The van der Waals surface area contributed by atoms with Crippen molar-refractivity contribution in [1.29, 1.82) is 0 Å². The number of likely N-dealkylation sites (tertiary alicyclic amines) is 1. The standard InChI is InChI=1S/C19H29N5O2.HI/c1-20-19(21-11-14-7-8-23(2)12-14)22-15-9-18(25)24(13-15)16-5-4-6-17(10-16)26-3;/h4-6,10,14-15H,7-9,11-13H2,1-3H3,(H2,20,21,22);1H. The number of nitrogens with one attached hydrogen (secondary N) is 2. The number of hydrogen-bond donors (Lipinski definition) is 2. The van der Waals surface area contributed by atoms with Gasteiger partial charge in [-0.2, -0.15) is 0 Å². The van der Waals surface area contributed by atoms with Crippen molar-refractivity contribution in [3.05, 3.63) is 24.3 Å². The number of methoxy groups -OCH3 is 1. The van der Waals surface area contributed by atoms with Crippen molar-refractivity contribution in [2.45, 2.75) is 18.9 Å². The zero-order valence-corrected chi connectivity index (χ0v) is 18.6. The molecule has 2 fully saturated rings. The lowest BCUT2D eigenvalue weighted by Gasteiger charge is -2.20. The highest BCUT2D eigenvalue weighted by atomic mass is 127. The highest BCUT2D eigenvalue weighted by Crippen LogP contribution is 2.25. The molecule has 2 atom stereocenters. The van der Waals surface area contributed by atoms with Gasteiger partial charge in [-0.05, 0) is 38.1 Å². The quantitative estimate of drug-likeness (QED) is 0.375. The molecule has 0 bridgehead atoms. The Morgan fingerprint density at radius 3 is 2.85 bits per heavy atom. The average molecular weight is 487 g/mol. The smallest absolute Gasteiger partial charge is 0.229 e. The van der Waals surface area contributed by atoms with Gasteiger partial charge in [0.05, 0.1) is 13.2 Å². The van der Waals surface area contributed by atoms with Gasteiger partial charge < -0.3 is 25.2 Å². The van der Waals surface area contributed by atoms with Crippen LogP contribution in [-0.4, -0.2) is 70.2 Å². The molecule has 0 radical (unpaired) electrons. The van der Waals surface area contributed by atoms with Crippen LogP contribution in [0.2, 0.25) is 0 Å². The van der Waals surface area contributed by atoms with E-state index in [0.717, 1.165) is 37.0 Å². The fraction of sp³-hybridized carbons (Fsp3) is 0.579. The number of carbonyl (C=O) groups excluding carboxylic acids is 1. The van der Waals surface area contributed by atoms with Crippen molar-refractivity contribution in [3.8, 4) is 5.75 Å². The van der Waals surface area contributed by atoms with Crippen LogP contribution in [0.1, 0.15) is 12.8 Å². The van der Waals surface area contributed by atoms with Crippen LogP contribution in [0.3, 0.4) is 0 Å². The van der Waals surface area contributed by atoms with Crippen molar-refractivity contribution in [1.82, 2.24) is 15.5 Å². The Labute approximate surface area is 178 Å². The van der Waals surface area contributed by atoms with E-state index in [1.807, 2.05) is 24.3 Å². The Hall–Kier alpha value is -1.55. The molecule has 2 unspecified atom stereocenters. The maximum Gasteiger partial charge on any atom is 0.229 e. The number of benzene rings is 1. The largest absolute Gasteiger partial charge is 0.497 e. The van der Waals surface area contributed by atoms with Gasteiger partial charge in [-0.3, -0.25) is 9.79 Å². The minimum atomic E-state index is 0. The molecular formula is C19H30IN5O2. The second-order valence-corrected chi connectivity index (χ2v) is 7.12. The van der Waals surface area contributed by atoms with Crippen LogP contribution in [-0.2, 0) is 4.79 Å². The number of aliphatic imine (C=N–C) groups is 1. The molecule has 1 aromatic rings. The molecule has 2 aliphatic rings. The molecule has 150 valence electrons. The van der Waals surface area contributed by atoms with E-state index in [0.29, 0.717) is 18.9 Å². The predicted octanol–water partition coefficient (Wildman–Crippen LogP) is 1.54. The first-order valence-electron chi connectivity index (χ1n) is 9.19. The summed E-state index contributed by atoms with van der Waals surface area (Å²) in [6.07, 6.45) is 1.68. The maximum absolute atomic E-state index is 12.4. The molecule has 2 N–H and O–H groups in total. The van der Waals surface area contributed by atoms with E-state index in [4.69, 9.17) is 4.74 Å². The molecule has 2 saturated heterocycles. The summed E-state index contributed by atoms with van der Waals surface area (Å²) in [5, 5.41) is 6.80. The van der Waals surface area contributed by atoms with Crippen LogP contribution in [0.4, 0.5) is 5.69 Å². The lowest BCUT2D eigenvalue weighted by Crippen LogP contribution is -2.46. The predicted molar refractivity (Wildman–Crippen MR) is 119 cm³/mol. The molecule has 7 nitrogen and oxygen atoms in total. The molecule has 0 spiro atoms. The summed E-state index contributed by atoms with van der Waals surface area (Å²) in [5.74, 6) is 2.29.